The van der Waals surface area contributed by atoms with Crippen LogP contribution in [0.3, 0.4) is 0 Å². The predicted molar refractivity (Wildman–Crippen MR) is 271 cm³/mol. The molecule has 0 amide bonds. The van der Waals surface area contributed by atoms with Crippen LogP contribution in [0.5, 0.6) is 11.5 Å². The average Bonchev–Trinajstić information content (AvgIpc) is 4.10. The first kappa shape index (κ1) is 34.8. The first-order valence-electron chi connectivity index (χ1n) is 23.1. The van der Waals surface area contributed by atoms with E-state index in [2.05, 4.69) is 210 Å². The largest absolute Gasteiger partial charge is 0.455 e. The number of rotatable bonds is 1. The summed E-state index contributed by atoms with van der Waals surface area (Å²) in [5.41, 5.74) is 22.0. The maximum atomic E-state index is 7.96. The number of benzene rings is 8. The van der Waals surface area contributed by atoms with E-state index in [9.17, 15) is 0 Å². The fourth-order valence-corrected chi connectivity index (χ4v) is 13.3. The van der Waals surface area contributed by atoms with Gasteiger partial charge in [0.15, 0.2) is 0 Å². The molecule has 16 rings (SSSR count). The van der Waals surface area contributed by atoms with Crippen molar-refractivity contribution in [2.45, 2.75) is 52.4 Å². The molecule has 0 radical (unpaired) electrons. The third kappa shape index (κ3) is 3.76. The Morgan fingerprint density at radius 1 is 0.385 bits per heavy atom. The second-order valence-electron chi connectivity index (χ2n) is 20.9. The Morgan fingerprint density at radius 3 is 1.49 bits per heavy atom. The molecule has 0 saturated carbocycles. The van der Waals surface area contributed by atoms with Crippen LogP contribution in [-0.4, -0.2) is 29.2 Å². The molecule has 0 bridgehead atoms. The van der Waals surface area contributed by atoms with E-state index >= 15 is 0 Å². The smallest absolute Gasteiger partial charge is 0.262 e. The van der Waals surface area contributed by atoms with E-state index in [1.165, 1.54) is 116 Å². The zero-order valence-corrected chi connectivity index (χ0v) is 37.1. The maximum absolute atomic E-state index is 7.96. The second kappa shape index (κ2) is 11.0. The molecule has 8 aromatic carbocycles. The number of fused-ring (bicyclic) bond motifs is 20. The average molecular weight is 836 g/mol. The fourth-order valence-electron chi connectivity index (χ4n) is 13.3. The van der Waals surface area contributed by atoms with Gasteiger partial charge in [0.2, 0.25) is 0 Å². The standard InChI is InChI=1S/C58H42BN5O/c1-57(2,3)43-35-24-13-16-27-38(35)61-48-32-21-10-11-22-33(32)53-46-51(48)63(55(43)61)40-29-18-30-41-45(40)59(46)47-52-49(62-39-28-17-14-25-36(39)44(58(4,5)6)56(62)64(41)52)42-34-23-12-15-26-37(34)60(50(42)54(47)65-53)31-19-8-7-9-20-31/h7-30H,1-6H3. The topological polar surface area (TPSA) is 32.8 Å². The monoisotopic (exact) mass is 835 g/mol. The molecule has 13 aromatic rings. The van der Waals surface area contributed by atoms with Crippen molar-refractivity contribution in [3.05, 3.63) is 157 Å². The van der Waals surface area contributed by atoms with Crippen LogP contribution in [0.1, 0.15) is 52.7 Å². The molecule has 0 saturated heterocycles. The molecule has 7 heteroatoms. The number of imidazole rings is 2. The van der Waals surface area contributed by atoms with Gasteiger partial charge in [0.1, 0.15) is 22.8 Å². The number of para-hydroxylation sites is 4. The molecule has 0 atom stereocenters. The predicted octanol–water partition coefficient (Wildman–Crippen LogP) is 12.5. The zero-order valence-electron chi connectivity index (χ0n) is 37.1. The molecule has 65 heavy (non-hydrogen) atoms. The Kier molecular flexibility index (Phi) is 5.89. The molecular formula is C58H42BN5O. The molecule has 3 aliphatic rings. The summed E-state index contributed by atoms with van der Waals surface area (Å²) in [6, 6.07) is 54.2. The van der Waals surface area contributed by atoms with Gasteiger partial charge < -0.3 is 9.30 Å². The Morgan fingerprint density at radius 2 is 0.877 bits per heavy atom. The first-order valence-corrected chi connectivity index (χ1v) is 23.1. The molecule has 0 unspecified atom stereocenters. The molecule has 3 aliphatic heterocycles. The van der Waals surface area contributed by atoms with E-state index < -0.39 is 0 Å². The molecule has 308 valence electrons. The molecule has 8 heterocycles. The Hall–Kier alpha value is -7.64. The Balaban J connectivity index is 1.24. The van der Waals surface area contributed by atoms with Crippen LogP contribution in [0.15, 0.2) is 146 Å². The summed E-state index contributed by atoms with van der Waals surface area (Å²) in [6.07, 6.45) is 0. The van der Waals surface area contributed by atoms with E-state index in [1.807, 2.05) is 0 Å². The second-order valence-corrected chi connectivity index (χ2v) is 20.9. The summed E-state index contributed by atoms with van der Waals surface area (Å²) in [5, 5.41) is 7.37. The lowest BCUT2D eigenvalue weighted by Crippen LogP contribution is -2.61. The Bertz CT molecular complexity index is 4400. The molecule has 0 N–H and O–H groups in total. The van der Waals surface area contributed by atoms with E-state index in [0.717, 1.165) is 28.1 Å². The van der Waals surface area contributed by atoms with Gasteiger partial charge in [0, 0.05) is 66.0 Å². The molecule has 5 aromatic heterocycles. The quantitative estimate of drug-likeness (QED) is 0.152. The van der Waals surface area contributed by atoms with Crippen molar-refractivity contribution < 1.29 is 4.74 Å². The van der Waals surface area contributed by atoms with Crippen LogP contribution in [0, 0.1) is 0 Å². The minimum absolute atomic E-state index is 0.0888. The van der Waals surface area contributed by atoms with Crippen LogP contribution >= 0.6 is 0 Å². The fraction of sp³-hybridized carbons (Fsp3) is 0.138. The lowest BCUT2D eigenvalue weighted by molar-refractivity contribution is 0.497. The zero-order chi connectivity index (χ0) is 43.2. The maximum Gasteiger partial charge on any atom is 0.262 e. The third-order valence-electron chi connectivity index (χ3n) is 15.3. The van der Waals surface area contributed by atoms with Gasteiger partial charge in [-0.3, -0.25) is 17.9 Å². The van der Waals surface area contributed by atoms with Gasteiger partial charge in [0.25, 0.3) is 6.71 Å². The van der Waals surface area contributed by atoms with Gasteiger partial charge in [-0.05, 0) is 64.2 Å². The highest BCUT2D eigenvalue weighted by Crippen LogP contribution is 2.53. The summed E-state index contributed by atoms with van der Waals surface area (Å²) in [6.45, 7) is 14.2. The SMILES string of the molecule is CC(C)(C)c1c2ccccc2n2c3c4ccccc4c4c5c3n(c12)-c1cccc2c1B5c1c(c3c(c5ccccc5n3-c3ccccc3)c3c1n-2c1c(C(C)(C)C)c2ccccc2n31)O4. The lowest BCUT2D eigenvalue weighted by atomic mass is 9.33. The first-order chi connectivity index (χ1) is 31.6. The Labute approximate surface area is 374 Å². The number of aromatic nitrogens is 5. The van der Waals surface area contributed by atoms with Gasteiger partial charge in [-0.15, -0.1) is 0 Å². The summed E-state index contributed by atoms with van der Waals surface area (Å²) in [7, 11) is 0. The molecule has 0 fully saturated rings. The number of nitrogens with zero attached hydrogens (tertiary/aromatic N) is 5. The highest BCUT2D eigenvalue weighted by molar-refractivity contribution is 7.02. The normalized spacial score (nSPS) is 14.1. The van der Waals surface area contributed by atoms with Crippen molar-refractivity contribution in [2.75, 3.05) is 0 Å². The van der Waals surface area contributed by atoms with Crippen LogP contribution in [0.25, 0.3) is 105 Å². The van der Waals surface area contributed by atoms with Crippen LogP contribution < -0.4 is 21.1 Å². The molecule has 0 aliphatic carbocycles. The third-order valence-corrected chi connectivity index (χ3v) is 15.3. The molecule has 0 spiro atoms. The summed E-state index contributed by atoms with van der Waals surface area (Å²) >= 11 is 0. The van der Waals surface area contributed by atoms with E-state index in [-0.39, 0.29) is 17.5 Å². The van der Waals surface area contributed by atoms with Crippen molar-refractivity contribution in [1.29, 1.82) is 0 Å². The van der Waals surface area contributed by atoms with Crippen LogP contribution in [0.2, 0.25) is 0 Å². The highest BCUT2D eigenvalue weighted by Gasteiger charge is 2.50. The van der Waals surface area contributed by atoms with Crippen LogP contribution in [0.4, 0.5) is 0 Å². The van der Waals surface area contributed by atoms with E-state index in [1.54, 1.807) is 0 Å². The van der Waals surface area contributed by atoms with Gasteiger partial charge >= 0.3 is 0 Å². The minimum Gasteiger partial charge on any atom is -0.455 e. The summed E-state index contributed by atoms with van der Waals surface area (Å²) < 4.78 is 21.0. The van der Waals surface area contributed by atoms with Crippen molar-refractivity contribution in [3.8, 4) is 28.6 Å². The minimum atomic E-state index is -0.174. The number of hydrogen-bond donors (Lipinski definition) is 0. The summed E-state index contributed by atoms with van der Waals surface area (Å²) in [5.74, 6) is 1.92. The van der Waals surface area contributed by atoms with Crippen LogP contribution in [-0.2, 0) is 10.8 Å². The van der Waals surface area contributed by atoms with Gasteiger partial charge in [-0.25, -0.2) is 0 Å². The van der Waals surface area contributed by atoms with Crippen molar-refractivity contribution in [1.82, 2.24) is 22.5 Å². The highest BCUT2D eigenvalue weighted by atomic mass is 16.5. The van der Waals surface area contributed by atoms with Gasteiger partial charge in [0.05, 0.1) is 44.1 Å². The number of ether oxygens (including phenoxy) is 1. The lowest BCUT2D eigenvalue weighted by Gasteiger charge is -2.38. The molecular weight excluding hydrogens is 793 g/mol. The van der Waals surface area contributed by atoms with Gasteiger partial charge in [-0.1, -0.05) is 145 Å². The van der Waals surface area contributed by atoms with E-state index in [4.69, 9.17) is 4.74 Å². The summed E-state index contributed by atoms with van der Waals surface area (Å²) in [4.78, 5) is 0. The molecule has 6 nitrogen and oxygen atoms in total. The van der Waals surface area contributed by atoms with Crippen molar-refractivity contribution >= 4 is 111 Å². The van der Waals surface area contributed by atoms with Crippen molar-refractivity contribution in [3.63, 3.8) is 0 Å². The van der Waals surface area contributed by atoms with Gasteiger partial charge in [-0.2, -0.15) is 0 Å². The number of hydrogen-bond acceptors (Lipinski definition) is 1. The van der Waals surface area contributed by atoms with E-state index in [0.29, 0.717) is 0 Å². The van der Waals surface area contributed by atoms with Crippen molar-refractivity contribution in [2.24, 2.45) is 0 Å².